The zero-order chi connectivity index (χ0) is 12.8. The number of benzene rings is 1. The molecule has 1 aromatic carbocycles. The minimum absolute atomic E-state index is 0.197. The van der Waals surface area contributed by atoms with E-state index in [1.807, 2.05) is 18.2 Å². The third kappa shape index (κ3) is 4.69. The number of methoxy groups -OCH3 is 1. The topological polar surface area (TPSA) is 46.5 Å². The van der Waals surface area contributed by atoms with Crippen LogP contribution in [0.4, 0.5) is 0 Å². The lowest BCUT2D eigenvalue weighted by molar-refractivity contribution is -0.140. The van der Waals surface area contributed by atoms with Gasteiger partial charge < -0.3 is 9.84 Å². The van der Waals surface area contributed by atoms with Gasteiger partial charge in [0.1, 0.15) is 0 Å². The summed E-state index contributed by atoms with van der Waals surface area (Å²) in [5.74, 6) is 0.491. The van der Waals surface area contributed by atoms with Gasteiger partial charge in [0.05, 0.1) is 19.6 Å². The van der Waals surface area contributed by atoms with Crippen LogP contribution in [-0.4, -0.2) is 23.9 Å². The fourth-order valence-corrected chi connectivity index (χ4v) is 3.02. The minimum Gasteiger partial charge on any atom is -0.469 e. The van der Waals surface area contributed by atoms with Crippen molar-refractivity contribution in [3.05, 3.63) is 28.2 Å². The molecule has 0 spiro atoms. The Bertz CT molecular complexity index is 393. The van der Waals surface area contributed by atoms with Crippen molar-refractivity contribution in [3.63, 3.8) is 0 Å². The zero-order valence-electron chi connectivity index (χ0n) is 9.77. The number of carbonyl (C=O) groups is 1. The van der Waals surface area contributed by atoms with Crippen LogP contribution in [0, 0.1) is 0 Å². The van der Waals surface area contributed by atoms with E-state index in [2.05, 4.69) is 20.7 Å². The van der Waals surface area contributed by atoms with Gasteiger partial charge in [0.25, 0.3) is 0 Å². The van der Waals surface area contributed by atoms with Crippen molar-refractivity contribution in [1.82, 2.24) is 0 Å². The molecule has 1 atom stereocenters. The maximum absolute atomic E-state index is 10.9. The Balaban J connectivity index is 2.56. The van der Waals surface area contributed by atoms with Gasteiger partial charge in [-0.15, -0.1) is 11.8 Å². The quantitative estimate of drug-likeness (QED) is 0.669. The first-order chi connectivity index (χ1) is 8.04. The van der Waals surface area contributed by atoms with E-state index in [0.29, 0.717) is 12.2 Å². The predicted octanol–water partition coefficient (Wildman–Crippen LogP) is 3.16. The first-order valence-corrected chi connectivity index (χ1v) is 6.99. The van der Waals surface area contributed by atoms with E-state index >= 15 is 0 Å². The summed E-state index contributed by atoms with van der Waals surface area (Å²) < 4.78 is 5.45. The Labute approximate surface area is 114 Å². The number of aliphatic hydroxyl groups is 1. The van der Waals surface area contributed by atoms with Crippen molar-refractivity contribution in [1.29, 1.82) is 0 Å². The highest BCUT2D eigenvalue weighted by Crippen LogP contribution is 2.29. The number of hydrogen-bond donors (Lipinski definition) is 1. The number of ether oxygens (including phenoxy) is 1. The number of thioether (sulfide) groups is 1. The maximum Gasteiger partial charge on any atom is 0.306 e. The fourth-order valence-electron chi connectivity index (χ4n) is 1.29. The van der Waals surface area contributed by atoms with Crippen LogP contribution >= 0.6 is 27.7 Å². The van der Waals surface area contributed by atoms with Crippen LogP contribution in [0.3, 0.4) is 0 Å². The third-order valence-electron chi connectivity index (χ3n) is 2.22. The lowest BCUT2D eigenvalue weighted by Gasteiger charge is -2.09. The molecule has 1 N–H and O–H groups in total. The Morgan fingerprint density at radius 1 is 1.59 bits per heavy atom. The molecule has 0 radical (unpaired) electrons. The number of hydrogen-bond acceptors (Lipinski definition) is 4. The van der Waals surface area contributed by atoms with Gasteiger partial charge in [0, 0.05) is 15.1 Å². The van der Waals surface area contributed by atoms with Crippen LogP contribution in [0.2, 0.25) is 0 Å². The van der Waals surface area contributed by atoms with Crippen molar-refractivity contribution in [2.24, 2.45) is 0 Å². The molecule has 17 heavy (non-hydrogen) atoms. The molecule has 0 amide bonds. The van der Waals surface area contributed by atoms with E-state index in [0.717, 1.165) is 14.9 Å². The number of aliphatic hydroxyl groups excluding tert-OH is 1. The molecule has 1 aromatic rings. The van der Waals surface area contributed by atoms with E-state index < -0.39 is 6.10 Å². The second-order valence-corrected chi connectivity index (χ2v) is 5.56. The molecule has 0 heterocycles. The lowest BCUT2D eigenvalue weighted by Crippen LogP contribution is -2.01. The lowest BCUT2D eigenvalue weighted by atomic mass is 10.1. The molecule has 94 valence electrons. The van der Waals surface area contributed by atoms with Gasteiger partial charge >= 0.3 is 5.97 Å². The van der Waals surface area contributed by atoms with Crippen LogP contribution in [0.15, 0.2) is 27.6 Å². The van der Waals surface area contributed by atoms with Gasteiger partial charge in [0.15, 0.2) is 0 Å². The molecule has 1 rings (SSSR count). The molecule has 0 aliphatic carbocycles. The fraction of sp³-hybridized carbons (Fsp3) is 0.417. The third-order valence-corrected chi connectivity index (χ3v) is 3.91. The molecule has 0 unspecified atom stereocenters. The van der Waals surface area contributed by atoms with E-state index in [1.54, 1.807) is 18.7 Å². The van der Waals surface area contributed by atoms with Gasteiger partial charge in [-0.3, -0.25) is 4.79 Å². The molecule has 0 aliphatic rings. The maximum atomic E-state index is 10.9. The van der Waals surface area contributed by atoms with Gasteiger partial charge in [-0.05, 0) is 24.6 Å². The van der Waals surface area contributed by atoms with E-state index in [4.69, 9.17) is 0 Å². The standard InChI is InChI=1S/C12H15BrO3S/c1-8(14)10-4-3-9(7-11(10)13)17-6-5-12(15)16-2/h3-4,7-8,14H,5-6H2,1-2H3/t8-/m1/s1. The minimum atomic E-state index is -0.488. The summed E-state index contributed by atoms with van der Waals surface area (Å²) >= 11 is 5.00. The molecular weight excluding hydrogens is 304 g/mol. The van der Waals surface area contributed by atoms with Crippen molar-refractivity contribution >= 4 is 33.7 Å². The molecule has 0 aromatic heterocycles. The van der Waals surface area contributed by atoms with Crippen LogP contribution in [0.25, 0.3) is 0 Å². The Hall–Kier alpha value is -0.520. The Kier molecular flexibility index (Phi) is 6.02. The second kappa shape index (κ2) is 7.03. The number of esters is 1. The first kappa shape index (κ1) is 14.5. The van der Waals surface area contributed by atoms with Gasteiger partial charge in [-0.1, -0.05) is 22.0 Å². The van der Waals surface area contributed by atoms with Crippen LogP contribution in [-0.2, 0) is 9.53 Å². The largest absolute Gasteiger partial charge is 0.469 e. The van der Waals surface area contributed by atoms with Crippen LogP contribution < -0.4 is 0 Å². The molecule has 0 bridgehead atoms. The molecule has 0 aliphatic heterocycles. The molecule has 0 fully saturated rings. The summed E-state index contributed by atoms with van der Waals surface area (Å²) in [5.41, 5.74) is 0.863. The van der Waals surface area contributed by atoms with Crippen molar-refractivity contribution in [3.8, 4) is 0 Å². The summed E-state index contributed by atoms with van der Waals surface area (Å²) in [5, 5.41) is 9.48. The summed E-state index contributed by atoms with van der Waals surface area (Å²) in [6.45, 7) is 1.73. The molecule has 5 heteroatoms. The predicted molar refractivity (Wildman–Crippen MR) is 72.1 cm³/mol. The van der Waals surface area contributed by atoms with Gasteiger partial charge in [0.2, 0.25) is 0 Å². The van der Waals surface area contributed by atoms with Gasteiger partial charge in [-0.2, -0.15) is 0 Å². The van der Waals surface area contributed by atoms with Crippen molar-refractivity contribution < 1.29 is 14.6 Å². The number of carbonyl (C=O) groups excluding carboxylic acids is 1. The SMILES string of the molecule is COC(=O)CCSc1ccc([C@@H](C)O)c(Br)c1. The van der Waals surface area contributed by atoms with Crippen molar-refractivity contribution in [2.45, 2.75) is 24.3 Å². The highest BCUT2D eigenvalue weighted by molar-refractivity contribution is 9.10. The summed E-state index contributed by atoms with van der Waals surface area (Å²) in [4.78, 5) is 12.0. The highest BCUT2D eigenvalue weighted by Gasteiger charge is 2.07. The average molecular weight is 319 g/mol. The van der Waals surface area contributed by atoms with Crippen LogP contribution in [0.5, 0.6) is 0 Å². The van der Waals surface area contributed by atoms with E-state index in [9.17, 15) is 9.90 Å². The molecule has 0 saturated heterocycles. The summed E-state index contributed by atoms with van der Waals surface area (Å²) in [6, 6.07) is 5.77. The van der Waals surface area contributed by atoms with Crippen molar-refractivity contribution in [2.75, 3.05) is 12.9 Å². The average Bonchev–Trinajstić information content (AvgIpc) is 2.28. The molecular formula is C12H15BrO3S. The second-order valence-electron chi connectivity index (χ2n) is 3.53. The van der Waals surface area contributed by atoms with E-state index in [1.165, 1.54) is 7.11 Å². The number of rotatable bonds is 5. The molecule has 0 saturated carbocycles. The monoisotopic (exact) mass is 318 g/mol. The summed E-state index contributed by atoms with van der Waals surface area (Å²) in [6.07, 6.45) is -0.0878. The summed E-state index contributed by atoms with van der Waals surface area (Å²) in [7, 11) is 1.39. The Morgan fingerprint density at radius 3 is 2.82 bits per heavy atom. The zero-order valence-corrected chi connectivity index (χ0v) is 12.2. The van der Waals surface area contributed by atoms with E-state index in [-0.39, 0.29) is 5.97 Å². The first-order valence-electron chi connectivity index (χ1n) is 5.21. The molecule has 3 nitrogen and oxygen atoms in total. The smallest absolute Gasteiger partial charge is 0.306 e. The van der Waals surface area contributed by atoms with Crippen LogP contribution in [0.1, 0.15) is 25.0 Å². The number of halogens is 1. The van der Waals surface area contributed by atoms with Gasteiger partial charge in [-0.25, -0.2) is 0 Å². The highest BCUT2D eigenvalue weighted by atomic mass is 79.9. The Morgan fingerprint density at radius 2 is 2.29 bits per heavy atom. The normalized spacial score (nSPS) is 12.2.